The number of carbonyl (C=O) groups excluding carboxylic acids is 1. The Balaban J connectivity index is 2.02. The zero-order chi connectivity index (χ0) is 18.6. The van der Waals surface area contributed by atoms with Gasteiger partial charge in [-0.25, -0.2) is 9.78 Å². The Kier molecular flexibility index (Phi) is 6.10. The summed E-state index contributed by atoms with van der Waals surface area (Å²) in [6.45, 7) is 6.45. The van der Waals surface area contributed by atoms with Crippen LogP contribution in [0, 0.1) is 16.0 Å². The molecule has 1 aliphatic rings. The number of ether oxygens (including phenoxy) is 1. The number of hydrogen-bond donors (Lipinski definition) is 0. The molecule has 0 saturated carbocycles. The third-order valence-electron chi connectivity index (χ3n) is 3.72. The van der Waals surface area contributed by atoms with Gasteiger partial charge in [0.2, 0.25) is 5.03 Å². The normalized spacial score (nSPS) is 19.3. The highest BCUT2D eigenvalue weighted by Crippen LogP contribution is 2.24. The summed E-state index contributed by atoms with van der Waals surface area (Å²) in [6, 6.07) is 2.75. The lowest BCUT2D eigenvalue weighted by Crippen LogP contribution is -2.44. The van der Waals surface area contributed by atoms with E-state index in [2.05, 4.69) is 4.98 Å². The molecule has 0 N–H and O–H groups in total. The van der Waals surface area contributed by atoms with Crippen LogP contribution in [0.5, 0.6) is 0 Å². The fraction of sp³-hybridized carbons (Fsp3) is 0.625. The molecule has 0 radical (unpaired) electrons. The summed E-state index contributed by atoms with van der Waals surface area (Å²) in [7, 11) is -1.59. The molecule has 0 aromatic carbocycles. The van der Waals surface area contributed by atoms with Crippen molar-refractivity contribution >= 4 is 22.6 Å². The summed E-state index contributed by atoms with van der Waals surface area (Å²) in [5.41, 5.74) is -0.804. The first-order valence-electron chi connectivity index (χ1n) is 8.13. The highest BCUT2D eigenvalue weighted by Gasteiger charge is 2.30. The molecule has 1 saturated heterocycles. The molecule has 1 aliphatic heterocycles. The van der Waals surface area contributed by atoms with Gasteiger partial charge in [0.15, 0.2) is 0 Å². The van der Waals surface area contributed by atoms with Gasteiger partial charge >= 0.3 is 11.8 Å². The molecule has 0 aliphatic carbocycles. The van der Waals surface area contributed by atoms with Crippen molar-refractivity contribution < 1.29 is 18.7 Å². The molecule has 1 amide bonds. The second kappa shape index (κ2) is 7.90. The number of rotatable bonds is 4. The number of hydrogen-bond acceptors (Lipinski definition) is 6. The molecule has 9 heteroatoms. The molecular weight excluding hydrogens is 346 g/mol. The van der Waals surface area contributed by atoms with Crippen molar-refractivity contribution in [2.75, 3.05) is 18.8 Å². The van der Waals surface area contributed by atoms with Gasteiger partial charge in [0.25, 0.3) is 0 Å². The Morgan fingerprint density at radius 1 is 1.52 bits per heavy atom. The van der Waals surface area contributed by atoms with Crippen molar-refractivity contribution in [3.8, 4) is 0 Å². The maximum absolute atomic E-state index is 12.6. The van der Waals surface area contributed by atoms with E-state index < -0.39 is 21.3 Å². The first-order chi connectivity index (χ1) is 11.7. The molecule has 8 nitrogen and oxygen atoms in total. The molecule has 2 rings (SSSR count). The molecule has 25 heavy (non-hydrogen) atoms. The second-order valence-corrected chi connectivity index (χ2v) is 8.44. The predicted molar refractivity (Wildman–Crippen MR) is 92.7 cm³/mol. The predicted octanol–water partition coefficient (Wildman–Crippen LogP) is 2.74. The van der Waals surface area contributed by atoms with Gasteiger partial charge in [-0.05, 0) is 45.6 Å². The van der Waals surface area contributed by atoms with E-state index in [0.717, 1.165) is 12.8 Å². The Hall–Kier alpha value is -2.03. The van der Waals surface area contributed by atoms with Crippen LogP contribution in [0.3, 0.4) is 0 Å². The lowest BCUT2D eigenvalue weighted by atomic mass is 10.0. The van der Waals surface area contributed by atoms with Gasteiger partial charge in [0, 0.05) is 31.1 Å². The Bertz CT molecular complexity index is 674. The van der Waals surface area contributed by atoms with E-state index in [1.54, 1.807) is 4.90 Å². The Labute approximate surface area is 149 Å². The maximum atomic E-state index is 12.6. The van der Waals surface area contributed by atoms with Crippen LogP contribution >= 0.6 is 0 Å². The zero-order valence-corrected chi connectivity index (χ0v) is 15.5. The highest BCUT2D eigenvalue weighted by atomic mass is 32.2. The monoisotopic (exact) mass is 369 g/mol. The highest BCUT2D eigenvalue weighted by molar-refractivity contribution is 7.85. The van der Waals surface area contributed by atoms with Crippen LogP contribution in [-0.2, 0) is 15.5 Å². The molecule has 1 aromatic rings. The average molecular weight is 369 g/mol. The minimum absolute atomic E-state index is 0.0105. The molecule has 1 aromatic heterocycles. The smallest absolute Gasteiger partial charge is 0.410 e. The molecule has 2 heterocycles. The Morgan fingerprint density at radius 3 is 2.88 bits per heavy atom. The van der Waals surface area contributed by atoms with Crippen LogP contribution in [0.25, 0.3) is 0 Å². The van der Waals surface area contributed by atoms with Crippen LogP contribution < -0.4 is 0 Å². The lowest BCUT2D eigenvalue weighted by molar-refractivity contribution is -0.388. The standard InChI is InChI=1S/C16H23N3O5S/c1-16(2,3)24-15(20)18-9-5-6-12(10-18)11-25(23)14-13(19(21)22)7-4-8-17-14/h4,7-8,12H,5-6,9-11H2,1-3H3. The topological polar surface area (TPSA) is 103 Å². The van der Waals surface area contributed by atoms with E-state index in [9.17, 15) is 19.1 Å². The van der Waals surface area contributed by atoms with Crippen molar-refractivity contribution in [1.29, 1.82) is 0 Å². The van der Waals surface area contributed by atoms with E-state index in [4.69, 9.17) is 4.74 Å². The largest absolute Gasteiger partial charge is 0.444 e. The molecule has 138 valence electrons. The quantitative estimate of drug-likeness (QED) is 0.597. The minimum atomic E-state index is -1.59. The van der Waals surface area contributed by atoms with E-state index in [-0.39, 0.29) is 28.5 Å². The summed E-state index contributed by atoms with van der Waals surface area (Å²) in [6.07, 6.45) is 2.61. The summed E-state index contributed by atoms with van der Waals surface area (Å²) >= 11 is 0. The van der Waals surface area contributed by atoms with E-state index in [0.29, 0.717) is 13.1 Å². The first kappa shape index (κ1) is 19.3. The molecule has 2 atom stereocenters. The molecule has 2 unspecified atom stereocenters. The summed E-state index contributed by atoms with van der Waals surface area (Å²) in [5.74, 6) is 0.223. The average Bonchev–Trinajstić information content (AvgIpc) is 2.53. The van der Waals surface area contributed by atoms with Crippen LogP contribution in [0.2, 0.25) is 0 Å². The number of nitrogens with zero attached hydrogens (tertiary/aromatic N) is 3. The van der Waals surface area contributed by atoms with E-state index in [1.165, 1.54) is 18.3 Å². The number of pyridine rings is 1. The van der Waals surface area contributed by atoms with Crippen molar-refractivity contribution in [1.82, 2.24) is 9.88 Å². The van der Waals surface area contributed by atoms with E-state index >= 15 is 0 Å². The fourth-order valence-corrected chi connectivity index (χ4v) is 4.10. The fourth-order valence-electron chi connectivity index (χ4n) is 2.68. The zero-order valence-electron chi connectivity index (χ0n) is 14.6. The summed E-state index contributed by atoms with van der Waals surface area (Å²) in [5, 5.41) is 11.0. The summed E-state index contributed by atoms with van der Waals surface area (Å²) in [4.78, 5) is 28.2. The molecular formula is C16H23N3O5S. The van der Waals surface area contributed by atoms with Gasteiger partial charge in [-0.15, -0.1) is 0 Å². The number of carbonyl (C=O) groups is 1. The lowest BCUT2D eigenvalue weighted by Gasteiger charge is -2.33. The van der Waals surface area contributed by atoms with Crippen LogP contribution in [0.4, 0.5) is 10.5 Å². The van der Waals surface area contributed by atoms with Gasteiger partial charge in [0.1, 0.15) is 5.60 Å². The maximum Gasteiger partial charge on any atom is 0.410 e. The molecule has 0 bridgehead atoms. The number of aromatic nitrogens is 1. The minimum Gasteiger partial charge on any atom is -0.444 e. The van der Waals surface area contributed by atoms with Crippen molar-refractivity contribution in [3.05, 3.63) is 28.4 Å². The van der Waals surface area contributed by atoms with Gasteiger partial charge in [-0.1, -0.05) is 0 Å². The van der Waals surface area contributed by atoms with Gasteiger partial charge < -0.3 is 9.64 Å². The van der Waals surface area contributed by atoms with Crippen LogP contribution in [-0.4, -0.2) is 49.6 Å². The number of amides is 1. The van der Waals surface area contributed by atoms with Crippen LogP contribution in [0.15, 0.2) is 23.4 Å². The van der Waals surface area contributed by atoms with Crippen molar-refractivity contribution in [2.45, 2.75) is 44.2 Å². The Morgan fingerprint density at radius 2 is 2.24 bits per heavy atom. The van der Waals surface area contributed by atoms with Gasteiger partial charge in [-0.2, -0.15) is 0 Å². The van der Waals surface area contributed by atoms with Crippen LogP contribution in [0.1, 0.15) is 33.6 Å². The third-order valence-corrected chi connectivity index (χ3v) is 5.24. The number of nitro groups is 1. The second-order valence-electron chi connectivity index (χ2n) is 7.03. The van der Waals surface area contributed by atoms with Gasteiger partial charge in [-0.3, -0.25) is 14.3 Å². The van der Waals surface area contributed by atoms with Crippen molar-refractivity contribution in [2.24, 2.45) is 5.92 Å². The number of likely N-dealkylation sites (tertiary alicyclic amines) is 1. The number of piperidine rings is 1. The molecule has 0 spiro atoms. The summed E-state index contributed by atoms with van der Waals surface area (Å²) < 4.78 is 17.9. The van der Waals surface area contributed by atoms with Gasteiger partial charge in [0.05, 0.1) is 15.7 Å². The molecule has 1 fully saturated rings. The SMILES string of the molecule is CC(C)(C)OC(=O)N1CCCC(CS(=O)c2ncccc2[N+](=O)[O-])C1. The third kappa shape index (κ3) is 5.48. The first-order valence-corrected chi connectivity index (χ1v) is 9.45. The van der Waals surface area contributed by atoms with Crippen molar-refractivity contribution in [3.63, 3.8) is 0 Å². The van der Waals surface area contributed by atoms with E-state index in [1.807, 2.05) is 20.8 Å².